The fraction of sp³-hybridized carbons (Fsp3) is 0.477. The first kappa shape index (κ1) is 37.3. The molecule has 1 saturated carbocycles. The molecule has 8 rings (SSSR count). The van der Waals surface area contributed by atoms with Crippen molar-refractivity contribution in [2.45, 2.75) is 117 Å². The lowest BCUT2D eigenvalue weighted by Gasteiger charge is -2.33. The average molecular weight is 764 g/mol. The van der Waals surface area contributed by atoms with Crippen LogP contribution < -0.4 is 9.46 Å². The third-order valence-corrected chi connectivity index (χ3v) is 13.6. The smallest absolute Gasteiger partial charge is 0.264 e. The molecule has 1 aliphatic carbocycles. The van der Waals surface area contributed by atoms with Gasteiger partial charge in [-0.05, 0) is 118 Å². The lowest BCUT2D eigenvalue weighted by molar-refractivity contribution is 0.0684. The van der Waals surface area contributed by atoms with Crippen molar-refractivity contribution in [1.29, 1.82) is 0 Å². The van der Waals surface area contributed by atoms with Crippen LogP contribution in [0.15, 0.2) is 54.2 Å². The molecular formula is C44H53N5O5S. The van der Waals surface area contributed by atoms with Crippen LogP contribution in [0.5, 0.6) is 5.75 Å². The molecule has 3 aliphatic heterocycles. The minimum Gasteiger partial charge on any atom is -0.497 e. The van der Waals surface area contributed by atoms with Crippen LogP contribution in [-0.2, 0) is 16.6 Å². The highest BCUT2D eigenvalue weighted by atomic mass is 32.2. The second-order valence-electron chi connectivity index (χ2n) is 16.8. The number of methoxy groups -OCH3 is 1. The summed E-state index contributed by atoms with van der Waals surface area (Å²) in [5, 5.41) is 5.93. The van der Waals surface area contributed by atoms with Gasteiger partial charge in [0.1, 0.15) is 5.75 Å². The van der Waals surface area contributed by atoms with Crippen LogP contribution in [0.2, 0.25) is 0 Å². The van der Waals surface area contributed by atoms with Crippen molar-refractivity contribution in [3.63, 3.8) is 0 Å². The van der Waals surface area contributed by atoms with E-state index >= 15 is 0 Å². The molecule has 2 fully saturated rings. The van der Waals surface area contributed by atoms with Gasteiger partial charge < -0.3 is 14.2 Å². The third kappa shape index (κ3) is 6.83. The molecule has 2 bridgehead atoms. The van der Waals surface area contributed by atoms with Crippen LogP contribution in [0.1, 0.15) is 135 Å². The van der Waals surface area contributed by atoms with Crippen molar-refractivity contribution in [3.05, 3.63) is 82.2 Å². The summed E-state index contributed by atoms with van der Waals surface area (Å²) in [5.41, 5.74) is 9.19. The van der Waals surface area contributed by atoms with Crippen molar-refractivity contribution in [1.82, 2.24) is 24.0 Å². The first-order chi connectivity index (χ1) is 26.3. The van der Waals surface area contributed by atoms with E-state index in [1.54, 1.807) is 19.4 Å². The lowest BCUT2D eigenvalue weighted by Crippen LogP contribution is -2.43. The van der Waals surface area contributed by atoms with E-state index in [4.69, 9.17) is 9.84 Å². The van der Waals surface area contributed by atoms with E-state index < -0.39 is 15.9 Å². The zero-order valence-electron chi connectivity index (χ0n) is 32.9. The Bertz CT molecular complexity index is 2360. The average Bonchev–Trinajstić information content (AvgIpc) is 3.77. The number of allylic oxidation sites excluding steroid dienone is 1. The van der Waals surface area contributed by atoms with Crippen LogP contribution in [0, 0.1) is 5.92 Å². The zero-order valence-corrected chi connectivity index (χ0v) is 33.7. The zero-order chi connectivity index (χ0) is 38.8. The summed E-state index contributed by atoms with van der Waals surface area (Å²) in [4.78, 5) is 30.5. The summed E-state index contributed by atoms with van der Waals surface area (Å²) in [6.45, 7) is 10.4. The van der Waals surface area contributed by atoms with Gasteiger partial charge in [-0.3, -0.25) is 14.3 Å². The number of ether oxygens (including phenoxy) is 1. The predicted octanol–water partition coefficient (Wildman–Crippen LogP) is 8.74. The van der Waals surface area contributed by atoms with Gasteiger partial charge in [-0.15, -0.1) is 0 Å². The number of carbonyl (C=O) groups excluding carboxylic acids is 2. The van der Waals surface area contributed by atoms with Crippen LogP contribution in [0.4, 0.5) is 0 Å². The van der Waals surface area contributed by atoms with Gasteiger partial charge in [0.25, 0.3) is 11.8 Å². The van der Waals surface area contributed by atoms with Crippen molar-refractivity contribution >= 4 is 44.4 Å². The van der Waals surface area contributed by atoms with E-state index in [0.29, 0.717) is 18.0 Å². The number of fused-ring (bicyclic) bond motifs is 7. The summed E-state index contributed by atoms with van der Waals surface area (Å²) < 4.78 is 38.1. The van der Waals surface area contributed by atoms with Crippen molar-refractivity contribution in [2.24, 2.45) is 5.92 Å². The Balaban J connectivity index is 1.34. The molecule has 10 nitrogen and oxygen atoms in total. The van der Waals surface area contributed by atoms with Crippen LogP contribution in [0.3, 0.4) is 0 Å². The van der Waals surface area contributed by atoms with Crippen LogP contribution in [-0.4, -0.2) is 64.4 Å². The van der Waals surface area contributed by atoms with Gasteiger partial charge in [0.15, 0.2) is 0 Å². The quantitative estimate of drug-likeness (QED) is 0.171. The number of amides is 2. The number of benzene rings is 2. The minimum atomic E-state index is -3.82. The van der Waals surface area contributed by atoms with Crippen molar-refractivity contribution in [3.8, 4) is 17.0 Å². The standard InChI is InChI=1S/C44H53N5O5S/c1-26(2)25-55(52,53)46-43(50)30-12-16-37-39(22-30)47-24-32(20-31-21-35(54-6)15-17-36(31)42(47)40(37)29-10-8-7-9-11-29)41-38(23-45-49(41)27(3)4)44(51)48-33-13-14-34(48)19-28(5)18-33/h12,15-18,20-23,26-27,29,33-34H,7-11,13-14,19,24-25H2,1-6H3,(H,46,50). The molecule has 290 valence electrons. The summed E-state index contributed by atoms with van der Waals surface area (Å²) >= 11 is 0. The third-order valence-electron chi connectivity index (χ3n) is 12.0. The van der Waals surface area contributed by atoms with E-state index in [1.165, 1.54) is 17.6 Å². The number of hydrogen-bond acceptors (Lipinski definition) is 6. The predicted molar refractivity (Wildman–Crippen MR) is 218 cm³/mol. The highest BCUT2D eigenvalue weighted by molar-refractivity contribution is 7.90. The monoisotopic (exact) mass is 763 g/mol. The number of nitrogens with one attached hydrogen (secondary N) is 1. The van der Waals surface area contributed by atoms with Crippen molar-refractivity contribution < 1.29 is 22.7 Å². The first-order valence-electron chi connectivity index (χ1n) is 20.0. The fourth-order valence-electron chi connectivity index (χ4n) is 9.74. The maximum Gasteiger partial charge on any atom is 0.264 e. The molecule has 2 aromatic heterocycles. The van der Waals surface area contributed by atoms with Gasteiger partial charge in [-0.2, -0.15) is 5.10 Å². The minimum absolute atomic E-state index is 0.0104. The molecule has 2 atom stereocenters. The molecule has 2 aromatic carbocycles. The SMILES string of the molecule is COc1ccc2c(c1)C=C(c1c(C(=O)N3C4C=C(C)CC3CC4)cnn1C(C)C)Cn1c-2c(C2CCCCC2)c2ccc(C(=O)NS(=O)(=O)CC(C)C)cc21. The Morgan fingerprint density at radius 1 is 0.982 bits per heavy atom. The summed E-state index contributed by atoms with van der Waals surface area (Å²) in [5.74, 6) is 0.160. The molecule has 0 radical (unpaired) electrons. The molecule has 4 aromatic rings. The maximum atomic E-state index is 14.8. The normalized spacial score (nSPS) is 20.0. The molecule has 1 N–H and O–H groups in total. The van der Waals surface area contributed by atoms with E-state index in [1.807, 2.05) is 36.7 Å². The highest BCUT2D eigenvalue weighted by Gasteiger charge is 2.41. The maximum absolute atomic E-state index is 14.8. The Kier molecular flexibility index (Phi) is 9.80. The Morgan fingerprint density at radius 3 is 2.47 bits per heavy atom. The van der Waals surface area contributed by atoms with E-state index in [9.17, 15) is 18.0 Å². The van der Waals surface area contributed by atoms with Crippen molar-refractivity contribution in [2.75, 3.05) is 12.9 Å². The van der Waals surface area contributed by atoms with Gasteiger partial charge in [-0.25, -0.2) is 13.1 Å². The van der Waals surface area contributed by atoms with Gasteiger partial charge >= 0.3 is 0 Å². The van der Waals surface area contributed by atoms with Crippen LogP contribution >= 0.6 is 0 Å². The number of sulfonamides is 1. The second kappa shape index (κ2) is 14.5. The molecule has 5 heterocycles. The first-order valence-corrected chi connectivity index (χ1v) is 21.7. The summed E-state index contributed by atoms with van der Waals surface area (Å²) in [6.07, 6.45) is 14.7. The molecule has 2 amide bonds. The molecule has 11 heteroatoms. The Hall–Kier alpha value is -4.64. The van der Waals surface area contributed by atoms with E-state index in [-0.39, 0.29) is 41.3 Å². The molecule has 0 spiro atoms. The molecule has 4 aliphatic rings. The second-order valence-corrected chi connectivity index (χ2v) is 18.6. The summed E-state index contributed by atoms with van der Waals surface area (Å²) in [6, 6.07) is 12.1. The highest BCUT2D eigenvalue weighted by Crippen LogP contribution is 2.48. The molecule has 2 unspecified atom stereocenters. The van der Waals surface area contributed by atoms with E-state index in [0.717, 1.165) is 89.7 Å². The topological polar surface area (TPSA) is 116 Å². The molecular weight excluding hydrogens is 711 g/mol. The summed E-state index contributed by atoms with van der Waals surface area (Å²) in [7, 11) is -2.14. The van der Waals surface area contributed by atoms with Gasteiger partial charge in [-0.1, -0.05) is 50.8 Å². The Morgan fingerprint density at radius 2 is 1.76 bits per heavy atom. The Labute approximate surface area is 324 Å². The van der Waals surface area contributed by atoms with E-state index in [2.05, 4.69) is 59.2 Å². The number of nitrogens with zero attached hydrogens (tertiary/aromatic N) is 4. The molecule has 1 saturated heterocycles. The van der Waals surface area contributed by atoms with Crippen LogP contribution in [0.25, 0.3) is 33.8 Å². The van der Waals surface area contributed by atoms with Gasteiger partial charge in [0, 0.05) is 34.1 Å². The van der Waals surface area contributed by atoms with Gasteiger partial charge in [0.2, 0.25) is 10.0 Å². The lowest BCUT2D eigenvalue weighted by atomic mass is 9.81. The number of carbonyl (C=O) groups is 2. The fourth-order valence-corrected chi connectivity index (χ4v) is 11.1. The largest absolute Gasteiger partial charge is 0.497 e. The number of aromatic nitrogens is 3. The molecule has 55 heavy (non-hydrogen) atoms. The number of hydrogen-bond donors (Lipinski definition) is 1. The van der Waals surface area contributed by atoms with Gasteiger partial charge in [0.05, 0.1) is 48.6 Å². The number of rotatable bonds is 9.